The van der Waals surface area contributed by atoms with Gasteiger partial charge in [0.2, 0.25) is 21.7 Å². The van der Waals surface area contributed by atoms with E-state index in [0.717, 1.165) is 32.4 Å². The van der Waals surface area contributed by atoms with Gasteiger partial charge in [0.25, 0.3) is 0 Å². The summed E-state index contributed by atoms with van der Waals surface area (Å²) in [4.78, 5) is 4.47. The molecule has 2 aliphatic rings. The maximum absolute atomic E-state index is 13.2. The fourth-order valence-corrected chi connectivity index (χ4v) is 5.51. The van der Waals surface area contributed by atoms with Gasteiger partial charge in [-0.1, -0.05) is 17.3 Å². The molecule has 1 aromatic heterocycles. The highest BCUT2D eigenvalue weighted by Gasteiger charge is 2.41. The number of piperidine rings is 1. The molecule has 0 saturated carbocycles. The van der Waals surface area contributed by atoms with Gasteiger partial charge in [-0.3, -0.25) is 0 Å². The number of nitrogens with zero attached hydrogens (tertiary/aromatic N) is 3. The summed E-state index contributed by atoms with van der Waals surface area (Å²) in [5.41, 5.74) is 0.737. The zero-order valence-corrected chi connectivity index (χ0v) is 16.3. The van der Waals surface area contributed by atoms with E-state index in [1.54, 1.807) is 35.5 Å². The van der Waals surface area contributed by atoms with Gasteiger partial charge in [0, 0.05) is 32.1 Å². The summed E-state index contributed by atoms with van der Waals surface area (Å²) in [5, 5.41) is 7.26. The molecular formula is C17H23ClN4O3S. The molecule has 0 bridgehead atoms. The summed E-state index contributed by atoms with van der Waals surface area (Å²) in [6, 6.07) is 6.79. The molecule has 9 heteroatoms. The molecule has 1 atom stereocenters. The molecule has 1 aromatic carbocycles. The van der Waals surface area contributed by atoms with E-state index in [9.17, 15) is 8.42 Å². The second-order valence-corrected chi connectivity index (χ2v) is 8.97. The van der Waals surface area contributed by atoms with Gasteiger partial charge >= 0.3 is 0 Å². The lowest BCUT2D eigenvalue weighted by Gasteiger charge is -2.39. The van der Waals surface area contributed by atoms with Crippen molar-refractivity contribution in [1.82, 2.24) is 19.8 Å². The zero-order valence-electron chi connectivity index (χ0n) is 14.6. The summed E-state index contributed by atoms with van der Waals surface area (Å²) in [6.07, 6.45) is 3.04. The topological polar surface area (TPSA) is 88.3 Å². The number of benzene rings is 1. The maximum Gasteiger partial charge on any atom is 0.243 e. The van der Waals surface area contributed by atoms with E-state index in [4.69, 9.17) is 4.52 Å². The third-order valence-corrected chi connectivity index (χ3v) is 7.06. The van der Waals surface area contributed by atoms with Crippen LogP contribution in [0.2, 0.25) is 0 Å². The lowest BCUT2D eigenvalue weighted by Crippen LogP contribution is -2.47. The van der Waals surface area contributed by atoms with Gasteiger partial charge in [-0.05, 0) is 43.4 Å². The van der Waals surface area contributed by atoms with Crippen LogP contribution in [0.15, 0.2) is 33.7 Å². The third kappa shape index (κ3) is 3.51. The molecule has 0 amide bonds. The molecule has 1 N–H and O–H groups in total. The van der Waals surface area contributed by atoms with Crippen molar-refractivity contribution in [2.75, 3.05) is 26.2 Å². The lowest BCUT2D eigenvalue weighted by molar-refractivity contribution is 0.166. The quantitative estimate of drug-likeness (QED) is 0.852. The Hall–Kier alpha value is -1.48. The van der Waals surface area contributed by atoms with E-state index in [1.807, 2.05) is 0 Å². The molecule has 0 aliphatic carbocycles. The molecule has 1 unspecified atom stereocenters. The van der Waals surface area contributed by atoms with Gasteiger partial charge in [-0.15, -0.1) is 12.4 Å². The molecular weight excluding hydrogens is 376 g/mol. The van der Waals surface area contributed by atoms with E-state index >= 15 is 0 Å². The summed E-state index contributed by atoms with van der Waals surface area (Å²) in [7, 11) is -3.53. The number of aryl methyl sites for hydroxylation is 1. The Kier molecular flexibility index (Phi) is 5.39. The van der Waals surface area contributed by atoms with Crippen molar-refractivity contribution < 1.29 is 12.9 Å². The number of hydrogen-bond acceptors (Lipinski definition) is 6. The van der Waals surface area contributed by atoms with Crippen LogP contribution in [0.25, 0.3) is 11.4 Å². The minimum atomic E-state index is -3.53. The average Bonchev–Trinajstić information content (AvgIpc) is 3.24. The van der Waals surface area contributed by atoms with Crippen LogP contribution in [-0.2, 0) is 10.0 Å². The Balaban J connectivity index is 0.00000196. The highest BCUT2D eigenvalue weighted by atomic mass is 35.5. The van der Waals surface area contributed by atoms with Gasteiger partial charge in [-0.2, -0.15) is 9.29 Å². The fourth-order valence-electron chi connectivity index (χ4n) is 3.87. The van der Waals surface area contributed by atoms with Crippen LogP contribution < -0.4 is 5.32 Å². The Morgan fingerprint density at radius 3 is 2.85 bits per heavy atom. The first-order valence-corrected chi connectivity index (χ1v) is 10.0. The summed E-state index contributed by atoms with van der Waals surface area (Å²) in [6.45, 7) is 4.76. The minimum Gasteiger partial charge on any atom is -0.339 e. The van der Waals surface area contributed by atoms with Crippen LogP contribution in [0, 0.1) is 12.3 Å². The highest BCUT2D eigenvalue weighted by molar-refractivity contribution is 7.89. The van der Waals surface area contributed by atoms with Gasteiger partial charge in [0.1, 0.15) is 0 Å². The fraction of sp³-hybridized carbons (Fsp3) is 0.529. The predicted molar refractivity (Wildman–Crippen MR) is 99.6 cm³/mol. The Bertz CT molecular complexity index is 878. The Morgan fingerprint density at radius 1 is 1.31 bits per heavy atom. The maximum atomic E-state index is 13.2. The molecule has 0 radical (unpaired) electrons. The number of sulfonamides is 1. The normalized spacial score (nSPS) is 23.9. The summed E-state index contributed by atoms with van der Waals surface area (Å²) >= 11 is 0. The minimum absolute atomic E-state index is 0. The second kappa shape index (κ2) is 7.26. The van der Waals surface area contributed by atoms with E-state index in [0.29, 0.717) is 30.4 Å². The van der Waals surface area contributed by atoms with Crippen LogP contribution in [0.5, 0.6) is 0 Å². The van der Waals surface area contributed by atoms with Crippen LogP contribution in [0.4, 0.5) is 0 Å². The van der Waals surface area contributed by atoms with Crippen molar-refractivity contribution in [2.45, 2.75) is 31.1 Å². The first kappa shape index (κ1) is 19.3. The van der Waals surface area contributed by atoms with Gasteiger partial charge < -0.3 is 9.84 Å². The third-order valence-electron chi connectivity index (χ3n) is 5.22. The molecule has 3 heterocycles. The molecule has 2 aliphatic heterocycles. The van der Waals surface area contributed by atoms with Crippen molar-refractivity contribution in [2.24, 2.45) is 5.41 Å². The van der Waals surface area contributed by atoms with Crippen molar-refractivity contribution in [1.29, 1.82) is 0 Å². The van der Waals surface area contributed by atoms with E-state index < -0.39 is 10.0 Å². The van der Waals surface area contributed by atoms with Crippen LogP contribution in [0.1, 0.15) is 25.2 Å². The molecule has 142 valence electrons. The largest absolute Gasteiger partial charge is 0.339 e. The average molecular weight is 399 g/mol. The predicted octanol–water partition coefficient (Wildman–Crippen LogP) is 2.23. The van der Waals surface area contributed by atoms with Crippen molar-refractivity contribution in [3.63, 3.8) is 0 Å². The van der Waals surface area contributed by atoms with Crippen molar-refractivity contribution in [3.05, 3.63) is 30.2 Å². The van der Waals surface area contributed by atoms with Gasteiger partial charge in [-0.25, -0.2) is 8.42 Å². The van der Waals surface area contributed by atoms with E-state index in [1.165, 1.54) is 0 Å². The van der Waals surface area contributed by atoms with Gasteiger partial charge in [0.05, 0.1) is 4.90 Å². The smallest absolute Gasteiger partial charge is 0.243 e. The number of nitrogens with one attached hydrogen (secondary N) is 1. The molecule has 26 heavy (non-hydrogen) atoms. The van der Waals surface area contributed by atoms with Gasteiger partial charge in [0.15, 0.2) is 0 Å². The van der Waals surface area contributed by atoms with Crippen molar-refractivity contribution in [3.8, 4) is 11.4 Å². The number of aromatic nitrogens is 2. The van der Waals surface area contributed by atoms with Crippen LogP contribution >= 0.6 is 12.4 Å². The first-order chi connectivity index (χ1) is 12.0. The molecule has 2 fully saturated rings. The SMILES string of the molecule is Cc1nc(-c2cccc(S(=O)(=O)N3CCCC4(CCNC4)C3)c2)no1.Cl. The zero-order chi connectivity index (χ0) is 17.5. The van der Waals surface area contributed by atoms with Crippen LogP contribution in [0.3, 0.4) is 0 Å². The number of rotatable bonds is 3. The number of halogens is 1. The highest BCUT2D eigenvalue weighted by Crippen LogP contribution is 2.37. The Labute approximate surface area is 159 Å². The molecule has 4 rings (SSSR count). The Morgan fingerprint density at radius 2 is 2.15 bits per heavy atom. The summed E-state index contributed by atoms with van der Waals surface area (Å²) < 4.78 is 33.0. The molecule has 2 aromatic rings. The lowest BCUT2D eigenvalue weighted by atomic mass is 9.80. The first-order valence-electron chi connectivity index (χ1n) is 8.60. The second-order valence-electron chi connectivity index (χ2n) is 7.03. The van der Waals surface area contributed by atoms with E-state index in [-0.39, 0.29) is 22.7 Å². The standard InChI is InChI=1S/C17H22N4O3S.ClH/c1-13-19-16(20-24-13)14-4-2-5-15(10-14)25(22,23)21-9-3-6-17(12-21)7-8-18-11-17;/h2,4-5,10,18H,3,6-9,11-12H2,1H3;1H. The van der Waals surface area contributed by atoms with Crippen LogP contribution in [-0.4, -0.2) is 49.0 Å². The molecule has 2 saturated heterocycles. The number of hydrogen-bond donors (Lipinski definition) is 1. The monoisotopic (exact) mass is 398 g/mol. The van der Waals surface area contributed by atoms with E-state index in [2.05, 4.69) is 15.5 Å². The molecule has 1 spiro atoms. The molecule has 7 nitrogen and oxygen atoms in total. The summed E-state index contributed by atoms with van der Waals surface area (Å²) in [5.74, 6) is 0.861. The van der Waals surface area contributed by atoms with Crippen molar-refractivity contribution >= 4 is 22.4 Å².